The number of carbonyl (C=O) groups excluding carboxylic acids is 4. The molecule has 0 radical (unpaired) electrons. The van der Waals surface area contributed by atoms with Gasteiger partial charge in [0.15, 0.2) is 12.2 Å². The molecule has 0 aliphatic carbocycles. The van der Waals surface area contributed by atoms with Gasteiger partial charge in [0.1, 0.15) is 19.3 Å². The predicted molar refractivity (Wildman–Crippen MR) is 386 cm³/mol. The molecule has 3 N–H and O–H groups in total. The van der Waals surface area contributed by atoms with Gasteiger partial charge >= 0.3 is 39.5 Å². The Morgan fingerprint density at radius 2 is 0.537 bits per heavy atom. The fraction of sp³-hybridized carbons (Fsp3) is 0.947. The Hall–Kier alpha value is -1.94. The standard InChI is InChI=1S/C76H148O17P2/c1-8-11-12-13-14-36-43-50-57-73(78)86-63-71(92-76(81)60-53-46-39-32-26-24-29-35-42-49-56-69(7)10-3)65-90-94(82,83)88-61-70(77)62-89-95(84,85)91-66-72(64-87-74(79)58-51-44-37-30-25-23-28-34-41-48-55-68(6)9-2)93-75(80)59-52-45-38-31-22-20-18-16-15-17-19-21-27-33-40-47-54-67(4)5/h67-72,77H,8-66H2,1-7H3,(H,82,83)(H,84,85)/t68?,69?,70-,71+,72+/m0/s1. The first-order chi connectivity index (χ1) is 45.8. The van der Waals surface area contributed by atoms with Crippen molar-refractivity contribution in [3.8, 4) is 0 Å². The largest absolute Gasteiger partial charge is 0.472 e. The molecule has 564 valence electrons. The second-order valence-electron chi connectivity index (χ2n) is 28.4. The fourth-order valence-corrected chi connectivity index (χ4v) is 13.1. The Balaban J connectivity index is 5.22. The summed E-state index contributed by atoms with van der Waals surface area (Å²) < 4.78 is 68.5. The number of aliphatic hydroxyl groups excluding tert-OH is 1. The second-order valence-corrected chi connectivity index (χ2v) is 31.3. The first-order valence-electron chi connectivity index (χ1n) is 39.4. The second kappa shape index (κ2) is 66.6. The summed E-state index contributed by atoms with van der Waals surface area (Å²) in [6, 6.07) is 0. The third-order valence-electron chi connectivity index (χ3n) is 18.4. The molecule has 0 amide bonds. The van der Waals surface area contributed by atoms with Gasteiger partial charge in [0.05, 0.1) is 26.4 Å². The Morgan fingerprint density at radius 3 is 0.800 bits per heavy atom. The van der Waals surface area contributed by atoms with Gasteiger partial charge in [-0.15, -0.1) is 0 Å². The van der Waals surface area contributed by atoms with E-state index in [1.165, 1.54) is 193 Å². The molecule has 0 rings (SSSR count). The van der Waals surface area contributed by atoms with Crippen molar-refractivity contribution in [2.45, 2.75) is 407 Å². The predicted octanol–water partition coefficient (Wildman–Crippen LogP) is 22.2. The number of aliphatic hydroxyl groups is 1. The zero-order valence-corrected chi connectivity index (χ0v) is 63.9. The minimum absolute atomic E-state index is 0.106. The number of esters is 4. The lowest BCUT2D eigenvalue weighted by molar-refractivity contribution is -0.161. The highest BCUT2D eigenvalue weighted by Gasteiger charge is 2.30. The number of ether oxygens (including phenoxy) is 4. The van der Waals surface area contributed by atoms with Crippen LogP contribution in [0.15, 0.2) is 0 Å². The summed E-state index contributed by atoms with van der Waals surface area (Å²) in [7, 11) is -9.91. The first-order valence-corrected chi connectivity index (χ1v) is 42.4. The molecule has 17 nitrogen and oxygen atoms in total. The number of carbonyl (C=O) groups is 4. The van der Waals surface area contributed by atoms with E-state index in [0.717, 1.165) is 114 Å². The molecule has 0 saturated carbocycles. The molecule has 7 atom stereocenters. The zero-order chi connectivity index (χ0) is 70.1. The molecular weight excluding hydrogens is 1250 g/mol. The molecule has 0 aromatic carbocycles. The highest BCUT2D eigenvalue weighted by atomic mass is 31.2. The van der Waals surface area contributed by atoms with Crippen molar-refractivity contribution in [2.75, 3.05) is 39.6 Å². The Labute approximate surface area is 581 Å². The van der Waals surface area contributed by atoms with Crippen molar-refractivity contribution < 1.29 is 80.2 Å². The van der Waals surface area contributed by atoms with Gasteiger partial charge < -0.3 is 33.8 Å². The number of rotatable bonds is 74. The topological polar surface area (TPSA) is 237 Å². The molecule has 0 aromatic heterocycles. The van der Waals surface area contributed by atoms with E-state index in [1.54, 1.807) is 0 Å². The van der Waals surface area contributed by atoms with Gasteiger partial charge in [0, 0.05) is 25.7 Å². The van der Waals surface area contributed by atoms with E-state index in [-0.39, 0.29) is 25.7 Å². The van der Waals surface area contributed by atoms with Gasteiger partial charge in [-0.1, -0.05) is 337 Å². The van der Waals surface area contributed by atoms with Crippen molar-refractivity contribution in [3.05, 3.63) is 0 Å². The molecule has 4 unspecified atom stereocenters. The zero-order valence-electron chi connectivity index (χ0n) is 62.1. The molecule has 0 spiro atoms. The summed E-state index contributed by atoms with van der Waals surface area (Å²) in [5.41, 5.74) is 0. The molecule has 19 heteroatoms. The quantitative estimate of drug-likeness (QED) is 0.0222. The minimum Gasteiger partial charge on any atom is -0.462 e. The van der Waals surface area contributed by atoms with Gasteiger partial charge in [0.25, 0.3) is 0 Å². The van der Waals surface area contributed by atoms with Crippen molar-refractivity contribution in [1.29, 1.82) is 0 Å². The number of hydrogen-bond donors (Lipinski definition) is 3. The molecule has 0 bridgehead atoms. The number of unbranched alkanes of at least 4 members (excludes halogenated alkanes) is 40. The molecule has 95 heavy (non-hydrogen) atoms. The lowest BCUT2D eigenvalue weighted by Gasteiger charge is -2.21. The first kappa shape index (κ1) is 93.1. The van der Waals surface area contributed by atoms with Gasteiger partial charge in [0.2, 0.25) is 0 Å². The molecular formula is C76H148O17P2. The van der Waals surface area contributed by atoms with Crippen LogP contribution in [0.3, 0.4) is 0 Å². The van der Waals surface area contributed by atoms with Crippen LogP contribution in [-0.4, -0.2) is 96.7 Å². The SMILES string of the molecule is CCCCCCCCCCC(=O)OC[C@H](COP(=O)(O)OC[C@H](O)COP(=O)(O)OC[C@@H](COC(=O)CCCCCCCCCCCCC(C)CC)OC(=O)CCCCCCCCCCCCCCCCCCC(C)C)OC(=O)CCCCCCCCCCCCC(C)CC. The number of phosphoric acid groups is 2. The van der Waals surface area contributed by atoms with E-state index >= 15 is 0 Å². The molecule has 0 aliphatic rings. The van der Waals surface area contributed by atoms with E-state index in [2.05, 4.69) is 48.5 Å². The van der Waals surface area contributed by atoms with Crippen LogP contribution < -0.4 is 0 Å². The van der Waals surface area contributed by atoms with Crippen molar-refractivity contribution in [3.63, 3.8) is 0 Å². The van der Waals surface area contributed by atoms with Gasteiger partial charge in [-0.25, -0.2) is 9.13 Å². The Kier molecular flexibility index (Phi) is 65.2. The monoisotopic (exact) mass is 1400 g/mol. The number of hydrogen-bond acceptors (Lipinski definition) is 15. The maximum Gasteiger partial charge on any atom is 0.472 e. The fourth-order valence-electron chi connectivity index (χ4n) is 11.5. The average molecular weight is 1400 g/mol. The van der Waals surface area contributed by atoms with Gasteiger partial charge in [-0.3, -0.25) is 37.3 Å². The van der Waals surface area contributed by atoms with Crippen LogP contribution in [0, 0.1) is 17.8 Å². The molecule has 0 saturated heterocycles. The van der Waals surface area contributed by atoms with Gasteiger partial charge in [-0.05, 0) is 43.4 Å². The lowest BCUT2D eigenvalue weighted by Crippen LogP contribution is -2.30. The lowest BCUT2D eigenvalue weighted by atomic mass is 9.99. The van der Waals surface area contributed by atoms with Crippen LogP contribution in [0.2, 0.25) is 0 Å². The summed E-state index contributed by atoms with van der Waals surface area (Å²) in [6.07, 6.45) is 52.6. The molecule has 0 fully saturated rings. The third-order valence-corrected chi connectivity index (χ3v) is 20.3. The highest BCUT2D eigenvalue weighted by molar-refractivity contribution is 7.47. The molecule has 0 heterocycles. The Morgan fingerprint density at radius 1 is 0.305 bits per heavy atom. The summed E-state index contributed by atoms with van der Waals surface area (Å²) in [4.78, 5) is 72.7. The van der Waals surface area contributed by atoms with Crippen molar-refractivity contribution in [1.82, 2.24) is 0 Å². The van der Waals surface area contributed by atoms with Crippen LogP contribution >= 0.6 is 15.6 Å². The summed E-state index contributed by atoms with van der Waals surface area (Å²) >= 11 is 0. The van der Waals surface area contributed by atoms with E-state index in [4.69, 9.17) is 37.0 Å². The summed E-state index contributed by atoms with van der Waals surface area (Å²) in [5.74, 6) is 0.302. The smallest absolute Gasteiger partial charge is 0.462 e. The van der Waals surface area contributed by atoms with Crippen LogP contribution in [0.25, 0.3) is 0 Å². The van der Waals surface area contributed by atoms with E-state index in [0.29, 0.717) is 25.7 Å². The minimum atomic E-state index is -4.96. The summed E-state index contributed by atoms with van der Waals surface area (Å²) in [5, 5.41) is 10.6. The van der Waals surface area contributed by atoms with Crippen LogP contribution in [0.5, 0.6) is 0 Å². The van der Waals surface area contributed by atoms with Crippen molar-refractivity contribution in [2.24, 2.45) is 17.8 Å². The van der Waals surface area contributed by atoms with Crippen LogP contribution in [0.1, 0.15) is 389 Å². The van der Waals surface area contributed by atoms with E-state index < -0.39 is 97.5 Å². The number of phosphoric ester groups is 2. The molecule has 0 aliphatic heterocycles. The third kappa shape index (κ3) is 67.6. The van der Waals surface area contributed by atoms with Crippen LogP contribution in [0.4, 0.5) is 0 Å². The average Bonchev–Trinajstić information content (AvgIpc) is 1.97. The Bertz CT molecular complexity index is 1860. The maximum absolute atomic E-state index is 13.1. The highest BCUT2D eigenvalue weighted by Crippen LogP contribution is 2.45. The maximum atomic E-state index is 13.1. The molecule has 0 aromatic rings. The van der Waals surface area contributed by atoms with Crippen LogP contribution in [-0.2, 0) is 65.4 Å². The van der Waals surface area contributed by atoms with Gasteiger partial charge in [-0.2, -0.15) is 0 Å². The van der Waals surface area contributed by atoms with Crippen molar-refractivity contribution >= 4 is 39.5 Å². The van der Waals surface area contributed by atoms with E-state index in [1.807, 2.05) is 0 Å². The normalized spacial score (nSPS) is 14.6. The summed E-state index contributed by atoms with van der Waals surface area (Å²) in [6.45, 7) is 12.0. The van der Waals surface area contributed by atoms with E-state index in [9.17, 15) is 43.2 Å².